The quantitative estimate of drug-likeness (QED) is 0.0633. The van der Waals surface area contributed by atoms with Gasteiger partial charge in [-0.2, -0.15) is 0 Å². The second kappa shape index (κ2) is 27.0. The molecule has 85 heavy (non-hydrogen) atoms. The van der Waals surface area contributed by atoms with Crippen LogP contribution >= 0.6 is 79.1 Å². The van der Waals surface area contributed by atoms with Crippen molar-refractivity contribution >= 4 is 121 Å². The minimum atomic E-state index is 0.619. The first-order valence-corrected chi connectivity index (χ1v) is 34.8. The molecule has 10 heteroatoms. The standard InChI is InChI=1S/C75H71I3N6S/c1-6-11-20-47-33-48(21-12-7-2)36-54(35-47)73-81-74(55-37-49(22-13-8-3)34-50(38-55)23-14-9-4)83-75(82-73)63-44-52(64-46-65(53-41-58(77)45-59(78)42-53)80-72(79-64)56-39-51(24-15-10-5)40-57(76)43-56)29-31-67(63)84-66-27-18-16-26-62(66)70-68(84)32-30-61-60-25-17-19-28-69(60)85-71(61)70/h16-19,25-46H,6-15,20-24H2,1-5H3. The molecule has 4 aromatic heterocycles. The predicted octanol–water partition coefficient (Wildman–Crippen LogP) is 22.7. The number of para-hydroxylation sites is 1. The van der Waals surface area contributed by atoms with Crippen molar-refractivity contribution in [3.05, 3.63) is 196 Å². The van der Waals surface area contributed by atoms with E-state index in [1.165, 1.54) is 62.3 Å². The number of hydrogen-bond acceptors (Lipinski definition) is 6. The van der Waals surface area contributed by atoms with E-state index in [9.17, 15) is 0 Å². The Balaban J connectivity index is 1.17. The van der Waals surface area contributed by atoms with Crippen LogP contribution in [0, 0.1) is 10.7 Å². The second-order valence-electron chi connectivity index (χ2n) is 22.9. The molecule has 0 N–H and O–H groups in total. The van der Waals surface area contributed by atoms with E-state index in [0.717, 1.165) is 165 Å². The fraction of sp³-hybridized carbons (Fsp3) is 0.267. The zero-order chi connectivity index (χ0) is 58.6. The minimum absolute atomic E-state index is 0.619. The molecule has 0 atom stereocenters. The Kier molecular flexibility index (Phi) is 18.9. The highest BCUT2D eigenvalue weighted by molar-refractivity contribution is 14.1. The van der Waals surface area contributed by atoms with Gasteiger partial charge in [0.25, 0.3) is 0 Å². The van der Waals surface area contributed by atoms with Gasteiger partial charge in [0.05, 0.1) is 28.1 Å². The minimum Gasteiger partial charge on any atom is -0.308 e. The summed E-state index contributed by atoms with van der Waals surface area (Å²) in [6.07, 6.45) is 16.3. The molecule has 12 rings (SSSR count). The maximum atomic E-state index is 5.76. The number of benzene rings is 8. The lowest BCUT2D eigenvalue weighted by atomic mass is 9.97. The summed E-state index contributed by atoms with van der Waals surface area (Å²) in [4.78, 5) is 28.1. The third-order valence-corrected chi connectivity index (χ3v) is 19.5. The van der Waals surface area contributed by atoms with Crippen LogP contribution in [-0.2, 0) is 32.1 Å². The zero-order valence-corrected chi connectivity index (χ0v) is 56.6. The first kappa shape index (κ1) is 59.4. The van der Waals surface area contributed by atoms with E-state index in [2.05, 4.69) is 265 Å². The van der Waals surface area contributed by atoms with Crippen molar-refractivity contribution in [1.82, 2.24) is 29.5 Å². The number of rotatable bonds is 22. The summed E-state index contributed by atoms with van der Waals surface area (Å²) < 4.78 is 8.54. The van der Waals surface area contributed by atoms with Crippen molar-refractivity contribution < 1.29 is 0 Å². The molecule has 12 aromatic rings. The molecule has 0 aliphatic carbocycles. The van der Waals surface area contributed by atoms with Crippen LogP contribution in [0.4, 0.5) is 0 Å². The molecule has 4 heterocycles. The Bertz CT molecular complexity index is 4270. The van der Waals surface area contributed by atoms with Gasteiger partial charge in [-0.3, -0.25) is 0 Å². The number of aromatic nitrogens is 6. The predicted molar refractivity (Wildman–Crippen MR) is 386 cm³/mol. The number of nitrogens with zero attached hydrogens (tertiary/aromatic N) is 6. The first-order valence-electron chi connectivity index (χ1n) is 30.7. The van der Waals surface area contributed by atoms with E-state index >= 15 is 0 Å². The van der Waals surface area contributed by atoms with Gasteiger partial charge in [0.2, 0.25) is 0 Å². The molecule has 0 unspecified atom stereocenters. The van der Waals surface area contributed by atoms with Gasteiger partial charge in [-0.15, -0.1) is 11.3 Å². The molecule has 0 aliphatic rings. The third-order valence-electron chi connectivity index (χ3n) is 16.4. The molecule has 0 spiro atoms. The van der Waals surface area contributed by atoms with E-state index in [1.54, 1.807) is 0 Å². The van der Waals surface area contributed by atoms with Crippen LogP contribution in [0.1, 0.15) is 127 Å². The number of aryl methyl sites for hydroxylation is 5. The number of thiophene rings is 1. The van der Waals surface area contributed by atoms with Crippen LogP contribution in [0.25, 0.3) is 116 Å². The zero-order valence-electron chi connectivity index (χ0n) is 49.3. The third kappa shape index (κ3) is 13.0. The molecule has 0 saturated heterocycles. The summed E-state index contributed by atoms with van der Waals surface area (Å²) in [5, 5.41) is 5.03. The van der Waals surface area contributed by atoms with E-state index in [4.69, 9.17) is 24.9 Å². The van der Waals surface area contributed by atoms with Gasteiger partial charge in [-0.1, -0.05) is 127 Å². The number of fused-ring (bicyclic) bond motifs is 7. The summed E-state index contributed by atoms with van der Waals surface area (Å²) in [5.74, 6) is 2.70. The maximum absolute atomic E-state index is 5.76. The van der Waals surface area contributed by atoms with Crippen LogP contribution in [0.15, 0.2) is 158 Å². The Labute approximate surface area is 546 Å². The molecule has 0 amide bonds. The van der Waals surface area contributed by atoms with Gasteiger partial charge in [-0.05, 0) is 257 Å². The van der Waals surface area contributed by atoms with Crippen LogP contribution in [0.3, 0.4) is 0 Å². The van der Waals surface area contributed by atoms with E-state index in [0.29, 0.717) is 23.3 Å². The van der Waals surface area contributed by atoms with Crippen LogP contribution in [0.2, 0.25) is 0 Å². The SMILES string of the molecule is CCCCc1cc(I)cc(-c2nc(-c3cc(I)cc(I)c3)cc(-c3ccc(-n4c5ccccc5c5c6sc7ccccc7c6ccc54)c(-c4nc(-c5cc(CCCC)cc(CCCC)c5)nc(-c5cc(CCCC)cc(CCCC)c5)n4)c3)n2)c1. The van der Waals surface area contributed by atoms with Gasteiger partial charge in [0, 0.05) is 75.0 Å². The molecule has 6 nitrogen and oxygen atoms in total. The Hall–Kier alpha value is -5.94. The summed E-state index contributed by atoms with van der Waals surface area (Å²) >= 11 is 9.21. The molecule has 8 aromatic carbocycles. The smallest absolute Gasteiger partial charge is 0.166 e. The molecule has 0 fully saturated rings. The van der Waals surface area contributed by atoms with E-state index < -0.39 is 0 Å². The molecule has 0 radical (unpaired) electrons. The summed E-state index contributed by atoms with van der Waals surface area (Å²) in [7, 11) is 0. The topological polar surface area (TPSA) is 69.4 Å². The lowest BCUT2D eigenvalue weighted by Crippen LogP contribution is -2.05. The second-order valence-corrected chi connectivity index (χ2v) is 27.7. The lowest BCUT2D eigenvalue weighted by molar-refractivity contribution is 0.780. The molecular formula is C75H71I3N6S. The van der Waals surface area contributed by atoms with E-state index in [1.807, 2.05) is 11.3 Å². The fourth-order valence-electron chi connectivity index (χ4n) is 12.1. The van der Waals surface area contributed by atoms with Crippen molar-refractivity contribution in [3.63, 3.8) is 0 Å². The molecule has 428 valence electrons. The summed E-state index contributed by atoms with van der Waals surface area (Å²) in [5.41, 5.74) is 17.6. The lowest BCUT2D eigenvalue weighted by Gasteiger charge is -2.17. The number of unbranched alkanes of at least 4 members (excludes halogenated alkanes) is 5. The normalized spacial score (nSPS) is 11.8. The van der Waals surface area contributed by atoms with Crippen LogP contribution in [-0.4, -0.2) is 29.5 Å². The summed E-state index contributed by atoms with van der Waals surface area (Å²) in [6.45, 7) is 11.4. The van der Waals surface area contributed by atoms with Crippen molar-refractivity contribution in [1.29, 1.82) is 0 Å². The molecule has 0 saturated carbocycles. The number of halogens is 3. The molecular weight excluding hydrogens is 1400 g/mol. The summed E-state index contributed by atoms with van der Waals surface area (Å²) in [6, 6.07) is 59.2. The maximum Gasteiger partial charge on any atom is 0.166 e. The highest BCUT2D eigenvalue weighted by Crippen LogP contribution is 2.45. The fourth-order valence-corrected chi connectivity index (χ4v) is 16.0. The van der Waals surface area contributed by atoms with Crippen molar-refractivity contribution in [3.8, 4) is 73.8 Å². The molecule has 0 aliphatic heterocycles. The van der Waals surface area contributed by atoms with Gasteiger partial charge in [0.15, 0.2) is 23.3 Å². The Morgan fingerprint density at radius 3 is 1.41 bits per heavy atom. The van der Waals surface area contributed by atoms with Crippen molar-refractivity contribution in [2.45, 2.75) is 131 Å². The van der Waals surface area contributed by atoms with Gasteiger partial charge in [-0.25, -0.2) is 24.9 Å². The number of hydrogen-bond donors (Lipinski definition) is 0. The Morgan fingerprint density at radius 1 is 0.365 bits per heavy atom. The monoisotopic (exact) mass is 1470 g/mol. The van der Waals surface area contributed by atoms with Gasteiger partial charge < -0.3 is 4.57 Å². The van der Waals surface area contributed by atoms with Gasteiger partial charge >= 0.3 is 0 Å². The average Bonchev–Trinajstić information content (AvgIpc) is 1.74. The van der Waals surface area contributed by atoms with Crippen molar-refractivity contribution in [2.24, 2.45) is 0 Å². The first-order chi connectivity index (χ1) is 41.6. The van der Waals surface area contributed by atoms with Crippen LogP contribution in [0.5, 0.6) is 0 Å². The van der Waals surface area contributed by atoms with E-state index in [-0.39, 0.29) is 0 Å². The largest absolute Gasteiger partial charge is 0.308 e. The Morgan fingerprint density at radius 2 is 0.835 bits per heavy atom. The van der Waals surface area contributed by atoms with Crippen LogP contribution < -0.4 is 0 Å². The van der Waals surface area contributed by atoms with Crippen molar-refractivity contribution in [2.75, 3.05) is 0 Å². The highest BCUT2D eigenvalue weighted by Gasteiger charge is 2.24. The highest BCUT2D eigenvalue weighted by atomic mass is 127. The van der Waals surface area contributed by atoms with Gasteiger partial charge in [0.1, 0.15) is 0 Å². The molecule has 0 bridgehead atoms. The average molecular weight is 1470 g/mol.